The Balaban J connectivity index is 2.76. The molecule has 2 rings (SSSR count). The summed E-state index contributed by atoms with van der Waals surface area (Å²) in [6.07, 6.45) is 4.94. The number of aliphatic hydroxyl groups excluding tert-OH is 1. The Morgan fingerprint density at radius 3 is 3.27 bits per heavy atom. The van der Waals surface area contributed by atoms with Crippen LogP contribution < -0.4 is 0 Å². The molecule has 2 aromatic rings. The van der Waals surface area contributed by atoms with Crippen LogP contribution in [0.3, 0.4) is 0 Å². The van der Waals surface area contributed by atoms with E-state index in [1.54, 1.807) is 29.2 Å². The van der Waals surface area contributed by atoms with E-state index in [4.69, 9.17) is 5.11 Å². The number of fused-ring (bicyclic) bond motifs is 1. The van der Waals surface area contributed by atoms with Crippen LogP contribution in [0.5, 0.6) is 0 Å². The summed E-state index contributed by atoms with van der Waals surface area (Å²) in [4.78, 5) is 7.96. The van der Waals surface area contributed by atoms with Gasteiger partial charge in [-0.2, -0.15) is 0 Å². The lowest BCUT2D eigenvalue weighted by molar-refractivity contribution is 0.275. The maximum absolute atomic E-state index is 8.84. The molecule has 0 aliphatic rings. The van der Waals surface area contributed by atoms with Gasteiger partial charge in [0.15, 0.2) is 0 Å². The third kappa shape index (κ3) is 0.877. The molecule has 1 N–H and O–H groups in total. The maximum atomic E-state index is 8.84. The molecule has 0 saturated heterocycles. The van der Waals surface area contributed by atoms with Gasteiger partial charge in [-0.05, 0) is 6.07 Å². The first-order valence-electron chi connectivity index (χ1n) is 3.28. The first-order chi connectivity index (χ1) is 5.42. The minimum Gasteiger partial charge on any atom is -0.390 e. The van der Waals surface area contributed by atoms with E-state index >= 15 is 0 Å². The number of hydrogen-bond acceptors (Lipinski definition) is 3. The zero-order valence-corrected chi connectivity index (χ0v) is 5.81. The monoisotopic (exact) mass is 149 g/mol. The molecule has 0 atom stereocenters. The van der Waals surface area contributed by atoms with E-state index in [0.717, 1.165) is 11.3 Å². The molecule has 0 aliphatic carbocycles. The van der Waals surface area contributed by atoms with Gasteiger partial charge in [0.05, 0.1) is 18.5 Å². The Bertz CT molecular complexity index is 368. The fourth-order valence-electron chi connectivity index (χ4n) is 1.00. The van der Waals surface area contributed by atoms with Gasteiger partial charge in [-0.25, -0.2) is 9.97 Å². The molecule has 4 nitrogen and oxygen atoms in total. The van der Waals surface area contributed by atoms with Gasteiger partial charge < -0.3 is 5.11 Å². The van der Waals surface area contributed by atoms with E-state index in [1.165, 1.54) is 0 Å². The lowest BCUT2D eigenvalue weighted by Crippen LogP contribution is -1.91. The average Bonchev–Trinajstić information content (AvgIpc) is 2.47. The molecule has 2 aromatic heterocycles. The molecule has 0 aromatic carbocycles. The Hall–Kier alpha value is -1.42. The van der Waals surface area contributed by atoms with E-state index in [1.807, 2.05) is 0 Å². The molecule has 0 radical (unpaired) electrons. The third-order valence-electron chi connectivity index (χ3n) is 1.56. The van der Waals surface area contributed by atoms with Crippen LogP contribution in [0, 0.1) is 0 Å². The predicted molar refractivity (Wildman–Crippen MR) is 38.9 cm³/mol. The normalized spacial score (nSPS) is 10.6. The van der Waals surface area contributed by atoms with Crippen LogP contribution in [0.25, 0.3) is 5.65 Å². The Kier molecular flexibility index (Phi) is 1.33. The molecule has 0 unspecified atom stereocenters. The molecule has 0 bridgehead atoms. The highest BCUT2D eigenvalue weighted by Crippen LogP contribution is 2.03. The van der Waals surface area contributed by atoms with Crippen molar-refractivity contribution in [2.75, 3.05) is 0 Å². The lowest BCUT2D eigenvalue weighted by atomic mass is 10.5. The number of rotatable bonds is 1. The van der Waals surface area contributed by atoms with E-state index in [-0.39, 0.29) is 6.61 Å². The summed E-state index contributed by atoms with van der Waals surface area (Å²) in [5.74, 6) is 0. The van der Waals surface area contributed by atoms with Crippen LogP contribution in [0.1, 0.15) is 5.69 Å². The van der Waals surface area contributed by atoms with Crippen molar-refractivity contribution in [3.63, 3.8) is 0 Å². The minimum atomic E-state index is -0.00708. The smallest absolute Gasteiger partial charge is 0.139 e. The summed E-state index contributed by atoms with van der Waals surface area (Å²) in [6, 6.07) is 1.79. The second kappa shape index (κ2) is 2.32. The van der Waals surface area contributed by atoms with Crippen molar-refractivity contribution in [1.82, 2.24) is 14.4 Å². The number of imidazole rings is 1. The van der Waals surface area contributed by atoms with Gasteiger partial charge in [-0.3, -0.25) is 4.40 Å². The second-order valence-electron chi connectivity index (χ2n) is 2.22. The summed E-state index contributed by atoms with van der Waals surface area (Å²) >= 11 is 0. The quantitative estimate of drug-likeness (QED) is 0.631. The van der Waals surface area contributed by atoms with E-state index in [0.29, 0.717) is 0 Å². The molecule has 0 amide bonds. The fraction of sp³-hybridized carbons (Fsp3) is 0.143. The maximum Gasteiger partial charge on any atom is 0.139 e. The highest BCUT2D eigenvalue weighted by molar-refractivity contribution is 5.37. The van der Waals surface area contributed by atoms with E-state index in [2.05, 4.69) is 9.97 Å². The standard InChI is InChI=1S/C7H7N3O/c11-4-6-3-9-7-1-2-8-5-10(6)7/h1-3,5,11H,4H2. The number of nitrogens with zero attached hydrogens (tertiary/aromatic N) is 3. The van der Waals surface area contributed by atoms with Gasteiger partial charge in [-0.15, -0.1) is 0 Å². The lowest BCUT2D eigenvalue weighted by Gasteiger charge is -1.93. The van der Waals surface area contributed by atoms with Crippen LogP contribution in [0.15, 0.2) is 24.8 Å². The Labute approximate surface area is 63.1 Å². The van der Waals surface area contributed by atoms with Crippen molar-refractivity contribution < 1.29 is 5.11 Å². The largest absolute Gasteiger partial charge is 0.390 e. The minimum absolute atomic E-state index is 0.00708. The van der Waals surface area contributed by atoms with Gasteiger partial charge in [0.2, 0.25) is 0 Å². The van der Waals surface area contributed by atoms with Gasteiger partial charge in [0.25, 0.3) is 0 Å². The molecular formula is C7H7N3O. The van der Waals surface area contributed by atoms with Crippen LogP contribution in [-0.2, 0) is 6.61 Å². The Morgan fingerprint density at radius 2 is 2.45 bits per heavy atom. The second-order valence-corrected chi connectivity index (χ2v) is 2.22. The van der Waals surface area contributed by atoms with Crippen molar-refractivity contribution in [2.45, 2.75) is 6.61 Å². The zero-order valence-electron chi connectivity index (χ0n) is 5.81. The first-order valence-corrected chi connectivity index (χ1v) is 3.28. The summed E-state index contributed by atoms with van der Waals surface area (Å²) < 4.78 is 1.75. The molecule has 2 heterocycles. The summed E-state index contributed by atoms with van der Waals surface area (Å²) in [6.45, 7) is -0.00708. The van der Waals surface area contributed by atoms with Crippen molar-refractivity contribution in [2.24, 2.45) is 0 Å². The molecule has 0 saturated carbocycles. The predicted octanol–water partition coefficient (Wildman–Crippen LogP) is 0.222. The molecule has 11 heavy (non-hydrogen) atoms. The van der Waals surface area contributed by atoms with Crippen LogP contribution >= 0.6 is 0 Å². The molecule has 0 aliphatic heterocycles. The van der Waals surface area contributed by atoms with Gasteiger partial charge >= 0.3 is 0 Å². The number of aromatic nitrogens is 3. The van der Waals surface area contributed by atoms with Crippen LogP contribution in [0.2, 0.25) is 0 Å². The van der Waals surface area contributed by atoms with E-state index < -0.39 is 0 Å². The van der Waals surface area contributed by atoms with Crippen LogP contribution in [-0.4, -0.2) is 19.5 Å². The van der Waals surface area contributed by atoms with Crippen molar-refractivity contribution in [3.8, 4) is 0 Å². The number of hydrogen-bond donors (Lipinski definition) is 1. The van der Waals surface area contributed by atoms with Crippen molar-refractivity contribution in [3.05, 3.63) is 30.5 Å². The average molecular weight is 149 g/mol. The molecule has 0 spiro atoms. The van der Waals surface area contributed by atoms with Crippen molar-refractivity contribution >= 4 is 5.65 Å². The summed E-state index contributed by atoms with van der Waals surface area (Å²) in [5, 5.41) is 8.84. The van der Waals surface area contributed by atoms with Crippen molar-refractivity contribution in [1.29, 1.82) is 0 Å². The third-order valence-corrected chi connectivity index (χ3v) is 1.56. The molecule has 56 valence electrons. The zero-order chi connectivity index (χ0) is 7.68. The highest BCUT2D eigenvalue weighted by atomic mass is 16.3. The topological polar surface area (TPSA) is 50.4 Å². The SMILES string of the molecule is OCc1cnc2ccncn12. The van der Waals surface area contributed by atoms with Gasteiger partial charge in [-0.1, -0.05) is 0 Å². The number of aliphatic hydroxyl groups is 1. The molecular weight excluding hydrogens is 142 g/mol. The summed E-state index contributed by atoms with van der Waals surface area (Å²) in [7, 11) is 0. The van der Waals surface area contributed by atoms with E-state index in [9.17, 15) is 0 Å². The molecule has 4 heteroatoms. The summed E-state index contributed by atoms with van der Waals surface area (Å²) in [5.41, 5.74) is 1.57. The van der Waals surface area contributed by atoms with Gasteiger partial charge in [0, 0.05) is 6.20 Å². The van der Waals surface area contributed by atoms with Gasteiger partial charge in [0.1, 0.15) is 12.0 Å². The first kappa shape index (κ1) is 6.30. The Morgan fingerprint density at radius 1 is 1.55 bits per heavy atom. The molecule has 0 fully saturated rings. The highest BCUT2D eigenvalue weighted by Gasteiger charge is 1.98. The fourth-order valence-corrected chi connectivity index (χ4v) is 1.00. The van der Waals surface area contributed by atoms with Crippen LogP contribution in [0.4, 0.5) is 0 Å².